The normalized spacial score (nSPS) is 12.1. The largest absolute Gasteiger partial charge is 0.508 e. The number of carbonyl (C=O) groups is 1. The lowest BCUT2D eigenvalue weighted by atomic mass is 10.1. The number of benzene rings is 1. The number of nitrogens with zero attached hydrogens (tertiary/aromatic N) is 1. The van der Waals surface area contributed by atoms with Crippen molar-refractivity contribution in [2.24, 2.45) is 0 Å². The number of amides is 1. The van der Waals surface area contributed by atoms with Crippen LogP contribution in [0.1, 0.15) is 28.2 Å². The van der Waals surface area contributed by atoms with Gasteiger partial charge in [0, 0.05) is 29.6 Å². The number of carbonyl (C=O) groups excluding carboxylic acids is 1. The second kappa shape index (κ2) is 5.64. The first kappa shape index (κ1) is 12.6. The van der Waals surface area contributed by atoms with Gasteiger partial charge in [-0.05, 0) is 18.2 Å². The van der Waals surface area contributed by atoms with Crippen molar-refractivity contribution < 1.29 is 9.90 Å². The molecule has 2 rings (SSSR count). The SMILES string of the molecule is CC(CNC(=O)c1cccc(O)c1)c1nccs1. The van der Waals surface area contributed by atoms with E-state index in [1.54, 1.807) is 29.7 Å². The Labute approximate surface area is 109 Å². The van der Waals surface area contributed by atoms with Gasteiger partial charge in [0.1, 0.15) is 5.75 Å². The first-order valence-electron chi connectivity index (χ1n) is 5.63. The van der Waals surface area contributed by atoms with Gasteiger partial charge in [0.15, 0.2) is 0 Å². The van der Waals surface area contributed by atoms with E-state index in [0.29, 0.717) is 12.1 Å². The van der Waals surface area contributed by atoms with Crippen LogP contribution in [0.3, 0.4) is 0 Å². The zero-order valence-electron chi connectivity index (χ0n) is 9.96. The fraction of sp³-hybridized carbons (Fsp3) is 0.231. The third kappa shape index (κ3) is 3.07. The van der Waals surface area contributed by atoms with Gasteiger partial charge in [0.2, 0.25) is 0 Å². The molecule has 94 valence electrons. The van der Waals surface area contributed by atoms with Crippen molar-refractivity contribution in [1.29, 1.82) is 0 Å². The van der Waals surface area contributed by atoms with Crippen molar-refractivity contribution in [2.45, 2.75) is 12.8 Å². The van der Waals surface area contributed by atoms with Gasteiger partial charge < -0.3 is 10.4 Å². The Morgan fingerprint density at radius 1 is 1.56 bits per heavy atom. The summed E-state index contributed by atoms with van der Waals surface area (Å²) in [6.45, 7) is 2.55. The van der Waals surface area contributed by atoms with Crippen molar-refractivity contribution in [3.63, 3.8) is 0 Å². The summed E-state index contributed by atoms with van der Waals surface area (Å²) < 4.78 is 0. The summed E-state index contributed by atoms with van der Waals surface area (Å²) in [5.41, 5.74) is 0.460. The molecule has 18 heavy (non-hydrogen) atoms. The van der Waals surface area contributed by atoms with E-state index < -0.39 is 0 Å². The molecular formula is C13H14N2O2S. The molecule has 0 saturated heterocycles. The van der Waals surface area contributed by atoms with E-state index >= 15 is 0 Å². The number of aromatic hydroxyl groups is 1. The van der Waals surface area contributed by atoms with E-state index in [1.807, 2.05) is 12.3 Å². The third-order valence-corrected chi connectivity index (χ3v) is 3.56. The van der Waals surface area contributed by atoms with Gasteiger partial charge in [-0.2, -0.15) is 0 Å². The fourth-order valence-electron chi connectivity index (χ4n) is 1.56. The summed E-state index contributed by atoms with van der Waals surface area (Å²) in [7, 11) is 0. The van der Waals surface area contributed by atoms with Crippen molar-refractivity contribution in [2.75, 3.05) is 6.54 Å². The van der Waals surface area contributed by atoms with Crippen molar-refractivity contribution in [1.82, 2.24) is 10.3 Å². The van der Waals surface area contributed by atoms with E-state index in [9.17, 15) is 9.90 Å². The molecule has 1 amide bonds. The van der Waals surface area contributed by atoms with Gasteiger partial charge in [0.25, 0.3) is 5.91 Å². The fourth-order valence-corrected chi connectivity index (χ4v) is 2.26. The monoisotopic (exact) mass is 262 g/mol. The Morgan fingerprint density at radius 2 is 2.39 bits per heavy atom. The molecule has 4 nitrogen and oxygen atoms in total. The standard InChI is InChI=1S/C13H14N2O2S/c1-9(13-14-5-6-18-13)8-15-12(17)10-3-2-4-11(16)7-10/h2-7,9,16H,8H2,1H3,(H,15,17). The Morgan fingerprint density at radius 3 is 3.06 bits per heavy atom. The van der Waals surface area contributed by atoms with Gasteiger partial charge in [-0.1, -0.05) is 13.0 Å². The van der Waals surface area contributed by atoms with Crippen LogP contribution in [0.2, 0.25) is 0 Å². The summed E-state index contributed by atoms with van der Waals surface area (Å²) in [4.78, 5) is 16.0. The van der Waals surface area contributed by atoms with E-state index in [0.717, 1.165) is 5.01 Å². The molecule has 0 fully saturated rings. The van der Waals surface area contributed by atoms with E-state index in [-0.39, 0.29) is 17.6 Å². The highest BCUT2D eigenvalue weighted by Gasteiger charge is 2.11. The number of thiazole rings is 1. The van der Waals surface area contributed by atoms with Gasteiger partial charge in [0.05, 0.1) is 5.01 Å². The van der Waals surface area contributed by atoms with Crippen LogP contribution < -0.4 is 5.32 Å². The van der Waals surface area contributed by atoms with Crippen LogP contribution in [0.25, 0.3) is 0 Å². The number of phenols is 1. The predicted octanol–water partition coefficient (Wildman–Crippen LogP) is 2.38. The lowest BCUT2D eigenvalue weighted by molar-refractivity contribution is 0.0951. The van der Waals surface area contributed by atoms with Gasteiger partial charge in [-0.3, -0.25) is 4.79 Å². The average molecular weight is 262 g/mol. The predicted molar refractivity (Wildman–Crippen MR) is 71.0 cm³/mol. The highest BCUT2D eigenvalue weighted by Crippen LogP contribution is 2.17. The Kier molecular flexibility index (Phi) is 3.94. The maximum Gasteiger partial charge on any atom is 0.251 e. The van der Waals surface area contributed by atoms with Crippen LogP contribution >= 0.6 is 11.3 Å². The van der Waals surface area contributed by atoms with Crippen LogP contribution in [0.5, 0.6) is 5.75 Å². The summed E-state index contributed by atoms with van der Waals surface area (Å²) in [5, 5.41) is 15.1. The maximum atomic E-state index is 11.8. The minimum absolute atomic E-state index is 0.0932. The number of hydrogen-bond acceptors (Lipinski definition) is 4. The number of hydrogen-bond donors (Lipinski definition) is 2. The minimum Gasteiger partial charge on any atom is -0.508 e. The number of rotatable bonds is 4. The average Bonchev–Trinajstić information content (AvgIpc) is 2.89. The molecule has 2 aromatic rings. The highest BCUT2D eigenvalue weighted by atomic mass is 32.1. The van der Waals surface area contributed by atoms with Gasteiger partial charge in [-0.25, -0.2) is 4.98 Å². The Balaban J connectivity index is 1.92. The summed E-state index contributed by atoms with van der Waals surface area (Å²) >= 11 is 1.58. The van der Waals surface area contributed by atoms with Crippen LogP contribution in [0, 0.1) is 0 Å². The number of phenolic OH excluding ortho intramolecular Hbond substituents is 1. The van der Waals surface area contributed by atoms with E-state index in [1.165, 1.54) is 12.1 Å². The van der Waals surface area contributed by atoms with Crippen LogP contribution in [0.15, 0.2) is 35.8 Å². The smallest absolute Gasteiger partial charge is 0.251 e. The van der Waals surface area contributed by atoms with Crippen LogP contribution in [-0.2, 0) is 0 Å². The lowest BCUT2D eigenvalue weighted by Gasteiger charge is -2.10. The molecular weight excluding hydrogens is 248 g/mol. The maximum absolute atomic E-state index is 11.8. The second-order valence-electron chi connectivity index (χ2n) is 4.03. The van der Waals surface area contributed by atoms with Gasteiger partial charge >= 0.3 is 0 Å². The van der Waals surface area contributed by atoms with E-state index in [2.05, 4.69) is 10.3 Å². The third-order valence-electron chi connectivity index (χ3n) is 2.55. The molecule has 0 aliphatic heterocycles. The molecule has 1 heterocycles. The molecule has 1 unspecified atom stereocenters. The topological polar surface area (TPSA) is 62.2 Å². The highest BCUT2D eigenvalue weighted by molar-refractivity contribution is 7.09. The molecule has 0 radical (unpaired) electrons. The number of aromatic nitrogens is 1. The zero-order chi connectivity index (χ0) is 13.0. The molecule has 0 bridgehead atoms. The van der Waals surface area contributed by atoms with Crippen molar-refractivity contribution >= 4 is 17.2 Å². The lowest BCUT2D eigenvalue weighted by Crippen LogP contribution is -2.27. The Bertz CT molecular complexity index is 526. The molecule has 1 aromatic carbocycles. The molecule has 0 aliphatic carbocycles. The van der Waals surface area contributed by atoms with Crippen LogP contribution in [-0.4, -0.2) is 22.5 Å². The molecule has 0 saturated carbocycles. The van der Waals surface area contributed by atoms with Crippen LogP contribution in [0.4, 0.5) is 0 Å². The van der Waals surface area contributed by atoms with E-state index in [4.69, 9.17) is 0 Å². The Hall–Kier alpha value is -1.88. The first-order valence-corrected chi connectivity index (χ1v) is 6.51. The second-order valence-corrected chi connectivity index (χ2v) is 4.96. The molecule has 1 atom stereocenters. The summed E-state index contributed by atoms with van der Waals surface area (Å²) in [6.07, 6.45) is 1.76. The zero-order valence-corrected chi connectivity index (χ0v) is 10.8. The van der Waals surface area contributed by atoms with Crippen molar-refractivity contribution in [3.8, 4) is 5.75 Å². The molecule has 5 heteroatoms. The quantitative estimate of drug-likeness (QED) is 0.889. The van der Waals surface area contributed by atoms with Crippen molar-refractivity contribution in [3.05, 3.63) is 46.4 Å². The summed E-state index contributed by atoms with van der Waals surface area (Å²) in [6, 6.07) is 6.30. The summed E-state index contributed by atoms with van der Waals surface area (Å²) in [5.74, 6) is 0.0937. The molecule has 0 aliphatic rings. The van der Waals surface area contributed by atoms with Gasteiger partial charge in [-0.15, -0.1) is 11.3 Å². The molecule has 0 spiro atoms. The number of nitrogens with one attached hydrogen (secondary N) is 1. The molecule has 2 N–H and O–H groups in total. The first-order chi connectivity index (χ1) is 8.66. The molecule has 1 aromatic heterocycles. The minimum atomic E-state index is -0.186.